The van der Waals surface area contributed by atoms with Gasteiger partial charge >= 0.3 is 0 Å². The molecule has 2 atom stereocenters. The predicted molar refractivity (Wildman–Crippen MR) is 108 cm³/mol. The van der Waals surface area contributed by atoms with Gasteiger partial charge in [0, 0.05) is 51.4 Å². The van der Waals surface area contributed by atoms with Crippen molar-refractivity contribution in [3.8, 4) is 0 Å². The quantitative estimate of drug-likeness (QED) is 0.791. The molecule has 0 aliphatic carbocycles. The van der Waals surface area contributed by atoms with Crippen molar-refractivity contribution >= 4 is 30.6 Å². The summed E-state index contributed by atoms with van der Waals surface area (Å²) in [4.78, 5) is 9.43. The number of aliphatic hydroxyl groups is 1. The maximum Gasteiger partial charge on any atom is 0.128 e. The smallest absolute Gasteiger partial charge is 0.128 e. The molecule has 0 radical (unpaired) electrons. The summed E-state index contributed by atoms with van der Waals surface area (Å²) >= 11 is 0. The SMILES string of the molecule is Cl.Cl.O[C@]12CCNC[C@H]1CN(c1ccc(CN3CCOCC3)cn1)CC2. The molecule has 1 aromatic rings. The Hall–Kier alpha value is -0.630. The first-order chi connectivity index (χ1) is 11.7. The molecule has 0 amide bonds. The molecule has 3 saturated heterocycles. The average Bonchev–Trinajstić information content (AvgIpc) is 2.62. The van der Waals surface area contributed by atoms with E-state index >= 15 is 0 Å². The van der Waals surface area contributed by atoms with E-state index in [4.69, 9.17) is 9.72 Å². The van der Waals surface area contributed by atoms with Crippen molar-refractivity contribution in [1.82, 2.24) is 15.2 Å². The maximum absolute atomic E-state index is 10.8. The van der Waals surface area contributed by atoms with Crippen LogP contribution in [-0.2, 0) is 11.3 Å². The summed E-state index contributed by atoms with van der Waals surface area (Å²) in [5, 5.41) is 14.2. The Labute approximate surface area is 168 Å². The fourth-order valence-electron chi connectivity index (χ4n) is 4.15. The molecule has 0 saturated carbocycles. The third kappa shape index (κ3) is 4.80. The topological polar surface area (TPSA) is 60.9 Å². The fourth-order valence-corrected chi connectivity index (χ4v) is 4.15. The highest BCUT2D eigenvalue weighted by molar-refractivity contribution is 5.85. The van der Waals surface area contributed by atoms with E-state index in [1.54, 1.807) is 0 Å². The van der Waals surface area contributed by atoms with E-state index in [1.807, 2.05) is 6.20 Å². The van der Waals surface area contributed by atoms with Crippen molar-refractivity contribution in [3.63, 3.8) is 0 Å². The number of rotatable bonds is 3. The van der Waals surface area contributed by atoms with Crippen LogP contribution >= 0.6 is 24.8 Å². The van der Waals surface area contributed by atoms with Crippen LogP contribution in [0, 0.1) is 5.92 Å². The van der Waals surface area contributed by atoms with Crippen molar-refractivity contribution in [1.29, 1.82) is 0 Å². The number of nitrogens with zero attached hydrogens (tertiary/aromatic N) is 3. The molecule has 6 nitrogen and oxygen atoms in total. The van der Waals surface area contributed by atoms with Gasteiger partial charge in [-0.1, -0.05) is 6.07 Å². The van der Waals surface area contributed by atoms with Gasteiger partial charge in [0.1, 0.15) is 5.82 Å². The molecule has 0 unspecified atom stereocenters. The molecule has 0 spiro atoms. The summed E-state index contributed by atoms with van der Waals surface area (Å²) in [6.07, 6.45) is 3.72. The zero-order valence-corrected chi connectivity index (χ0v) is 16.7. The van der Waals surface area contributed by atoms with Crippen molar-refractivity contribution in [3.05, 3.63) is 23.9 Å². The maximum atomic E-state index is 10.8. The van der Waals surface area contributed by atoms with Crippen molar-refractivity contribution in [2.45, 2.75) is 25.0 Å². The number of piperidine rings is 2. The molecule has 0 aromatic carbocycles. The van der Waals surface area contributed by atoms with Gasteiger partial charge in [-0.05, 0) is 31.0 Å². The van der Waals surface area contributed by atoms with Gasteiger partial charge in [0.2, 0.25) is 0 Å². The molecule has 2 N–H and O–H groups in total. The lowest BCUT2D eigenvalue weighted by molar-refractivity contribution is -0.0539. The summed E-state index contributed by atoms with van der Waals surface area (Å²) in [7, 11) is 0. The van der Waals surface area contributed by atoms with Gasteiger partial charge in [-0.2, -0.15) is 0 Å². The van der Waals surface area contributed by atoms with E-state index in [1.165, 1.54) is 5.56 Å². The molecule has 1 aromatic heterocycles. The Morgan fingerprint density at radius 1 is 1.19 bits per heavy atom. The highest BCUT2D eigenvalue weighted by Gasteiger charge is 2.43. The van der Waals surface area contributed by atoms with Crippen LogP contribution < -0.4 is 10.2 Å². The van der Waals surface area contributed by atoms with Crippen LogP contribution in [0.4, 0.5) is 5.82 Å². The van der Waals surface area contributed by atoms with E-state index in [2.05, 4.69) is 27.2 Å². The predicted octanol–water partition coefficient (Wildman–Crippen LogP) is 1.31. The lowest BCUT2D eigenvalue weighted by atomic mass is 9.76. The third-order valence-corrected chi connectivity index (χ3v) is 5.78. The minimum absolute atomic E-state index is 0. The van der Waals surface area contributed by atoms with Crippen LogP contribution in [0.15, 0.2) is 18.3 Å². The van der Waals surface area contributed by atoms with E-state index < -0.39 is 5.60 Å². The number of aromatic nitrogens is 1. The molecule has 4 heterocycles. The van der Waals surface area contributed by atoms with Crippen molar-refractivity contribution < 1.29 is 9.84 Å². The summed E-state index contributed by atoms with van der Waals surface area (Å²) < 4.78 is 5.40. The summed E-state index contributed by atoms with van der Waals surface area (Å²) in [6.45, 7) is 8.23. The van der Waals surface area contributed by atoms with Crippen LogP contribution in [0.5, 0.6) is 0 Å². The second kappa shape index (κ2) is 9.53. The van der Waals surface area contributed by atoms with E-state index in [0.29, 0.717) is 5.92 Å². The number of halogens is 2. The Kier molecular flexibility index (Phi) is 7.94. The van der Waals surface area contributed by atoms with Crippen molar-refractivity contribution in [2.75, 3.05) is 57.4 Å². The number of fused-ring (bicyclic) bond motifs is 1. The molecule has 3 aliphatic rings. The highest BCUT2D eigenvalue weighted by Crippen LogP contribution is 2.34. The second-order valence-electron chi connectivity index (χ2n) is 7.36. The van der Waals surface area contributed by atoms with Crippen molar-refractivity contribution in [2.24, 2.45) is 5.92 Å². The largest absolute Gasteiger partial charge is 0.389 e. The van der Waals surface area contributed by atoms with Gasteiger partial charge in [0.25, 0.3) is 0 Å². The number of nitrogens with one attached hydrogen (secondary N) is 1. The normalized spacial score (nSPS) is 29.3. The number of pyridine rings is 1. The number of anilines is 1. The summed E-state index contributed by atoms with van der Waals surface area (Å²) in [5.74, 6) is 1.34. The van der Waals surface area contributed by atoms with Gasteiger partial charge in [0.05, 0.1) is 18.8 Å². The van der Waals surface area contributed by atoms with Gasteiger partial charge in [0.15, 0.2) is 0 Å². The van der Waals surface area contributed by atoms with E-state index in [-0.39, 0.29) is 24.8 Å². The van der Waals surface area contributed by atoms with E-state index in [0.717, 1.165) is 77.7 Å². The molecule has 4 rings (SSSR count). The highest BCUT2D eigenvalue weighted by atomic mass is 35.5. The zero-order chi connectivity index (χ0) is 16.4. The van der Waals surface area contributed by atoms with Crippen LogP contribution in [0.25, 0.3) is 0 Å². The van der Waals surface area contributed by atoms with Gasteiger partial charge < -0.3 is 20.1 Å². The molecule has 26 heavy (non-hydrogen) atoms. The lowest BCUT2D eigenvalue weighted by Crippen LogP contribution is -2.59. The molecular formula is C18H30Cl2N4O2. The zero-order valence-electron chi connectivity index (χ0n) is 15.1. The van der Waals surface area contributed by atoms with E-state index in [9.17, 15) is 5.11 Å². The van der Waals surface area contributed by atoms with Crippen LogP contribution in [0.2, 0.25) is 0 Å². The molecule has 3 fully saturated rings. The first kappa shape index (κ1) is 21.7. The summed E-state index contributed by atoms with van der Waals surface area (Å²) in [6, 6.07) is 4.33. The Morgan fingerprint density at radius 2 is 2.00 bits per heavy atom. The number of ether oxygens (including phenoxy) is 1. The number of hydrogen-bond donors (Lipinski definition) is 2. The van der Waals surface area contributed by atoms with Crippen LogP contribution in [-0.4, -0.2) is 73.1 Å². The minimum atomic E-state index is -0.474. The lowest BCUT2D eigenvalue weighted by Gasteiger charge is -2.47. The molecule has 148 valence electrons. The standard InChI is InChI=1S/C18H28N4O2.2ClH/c23-18-3-5-19-12-16(18)14-22(6-4-18)17-2-1-15(11-20-17)13-21-7-9-24-10-8-21;;/h1-2,11,16,19,23H,3-10,12-14H2;2*1H/t16-,18-;;/m0../s1. The van der Waals surface area contributed by atoms with Crippen LogP contribution in [0.3, 0.4) is 0 Å². The van der Waals surface area contributed by atoms with Crippen LogP contribution in [0.1, 0.15) is 18.4 Å². The minimum Gasteiger partial charge on any atom is -0.389 e. The monoisotopic (exact) mass is 404 g/mol. The number of hydrogen-bond acceptors (Lipinski definition) is 6. The molecular weight excluding hydrogens is 375 g/mol. The first-order valence-electron chi connectivity index (χ1n) is 9.16. The Balaban J connectivity index is 0.00000121. The average molecular weight is 405 g/mol. The second-order valence-corrected chi connectivity index (χ2v) is 7.36. The summed E-state index contributed by atoms with van der Waals surface area (Å²) in [5.41, 5.74) is 0.784. The Morgan fingerprint density at radius 3 is 2.73 bits per heavy atom. The van der Waals surface area contributed by atoms with Gasteiger partial charge in [-0.3, -0.25) is 4.90 Å². The van der Waals surface area contributed by atoms with Gasteiger partial charge in [-0.15, -0.1) is 24.8 Å². The number of morpholine rings is 1. The molecule has 8 heteroatoms. The first-order valence-corrected chi connectivity index (χ1v) is 9.16. The third-order valence-electron chi connectivity index (χ3n) is 5.78. The molecule has 3 aliphatic heterocycles. The Bertz CT molecular complexity index is 557. The van der Waals surface area contributed by atoms with Gasteiger partial charge in [-0.25, -0.2) is 4.98 Å². The fraction of sp³-hybridized carbons (Fsp3) is 0.722. The molecule has 0 bridgehead atoms.